The molecule has 0 spiro atoms. The number of carbonyl (C=O) groups excluding carboxylic acids is 2. The lowest BCUT2D eigenvalue weighted by Crippen LogP contribution is -2.60. The molecule has 1 saturated carbocycles. The van der Waals surface area contributed by atoms with E-state index < -0.39 is 67.3 Å². The zero-order valence-corrected chi connectivity index (χ0v) is 25.2. The summed E-state index contributed by atoms with van der Waals surface area (Å²) in [5.41, 5.74) is 0.565. The Kier molecular flexibility index (Phi) is 10.5. The number of aromatic hydroxyl groups is 2. The molecule has 2 heterocycles. The van der Waals surface area contributed by atoms with Crippen molar-refractivity contribution in [2.24, 2.45) is 11.8 Å². The summed E-state index contributed by atoms with van der Waals surface area (Å²) in [4.78, 5) is 25.6. The zero-order valence-electron chi connectivity index (χ0n) is 25.2. The number of hydrogen-bond acceptors (Lipinski definition) is 13. The van der Waals surface area contributed by atoms with Crippen LogP contribution in [-0.4, -0.2) is 97.0 Å². The van der Waals surface area contributed by atoms with Gasteiger partial charge >= 0.3 is 5.97 Å². The molecule has 0 amide bonds. The van der Waals surface area contributed by atoms with Crippen molar-refractivity contribution in [1.29, 1.82) is 0 Å². The average molecular weight is 645 g/mol. The number of ketones is 1. The van der Waals surface area contributed by atoms with Crippen LogP contribution in [0.4, 0.5) is 0 Å². The highest BCUT2D eigenvalue weighted by atomic mass is 16.7. The molecule has 0 radical (unpaired) electrons. The van der Waals surface area contributed by atoms with Crippen LogP contribution in [0.5, 0.6) is 23.0 Å². The minimum atomic E-state index is -1.74. The van der Waals surface area contributed by atoms with Gasteiger partial charge in [-0.3, -0.25) is 9.59 Å². The molecule has 2 aromatic carbocycles. The van der Waals surface area contributed by atoms with Gasteiger partial charge in [0.15, 0.2) is 5.78 Å². The summed E-state index contributed by atoms with van der Waals surface area (Å²) in [5.74, 6) is -1.99. The highest BCUT2D eigenvalue weighted by Gasteiger charge is 2.46. The maximum atomic E-state index is 12.9. The molecular weight excluding hydrogens is 604 g/mol. The predicted molar refractivity (Wildman–Crippen MR) is 159 cm³/mol. The van der Waals surface area contributed by atoms with Gasteiger partial charge in [0.25, 0.3) is 0 Å². The number of carbonyl (C=O) groups is 2. The fraction of sp³-hybridized carbons (Fsp3) is 0.515. The molecular formula is C33H40O13. The largest absolute Gasteiger partial charge is 0.508 e. The van der Waals surface area contributed by atoms with Gasteiger partial charge in [0.05, 0.1) is 18.6 Å². The van der Waals surface area contributed by atoms with Gasteiger partial charge in [-0.15, -0.1) is 0 Å². The van der Waals surface area contributed by atoms with E-state index >= 15 is 0 Å². The quantitative estimate of drug-likeness (QED) is 0.145. The summed E-state index contributed by atoms with van der Waals surface area (Å²) < 4.78 is 22.7. The number of phenols is 2. The molecule has 2 aliphatic heterocycles. The van der Waals surface area contributed by atoms with Crippen LogP contribution in [0.15, 0.2) is 48.6 Å². The Balaban J connectivity index is 1.22. The van der Waals surface area contributed by atoms with E-state index in [4.69, 9.17) is 18.9 Å². The van der Waals surface area contributed by atoms with Crippen LogP contribution in [0.1, 0.15) is 61.1 Å². The SMILES string of the molecule is C/C=C/[C@H](O)C[C@H]1[C@H](CC(=O)OCC2OC(Oc3cc(O)c4c(c3)OC(c3ccc(O)cc3)CC4=O)C(O)C(O)C2O)CC[C@H]1O. The van der Waals surface area contributed by atoms with Gasteiger partial charge in [-0.1, -0.05) is 24.3 Å². The number of aliphatic hydroxyl groups is 5. The lowest BCUT2D eigenvalue weighted by atomic mass is 9.87. The Morgan fingerprint density at radius 2 is 1.78 bits per heavy atom. The number of aliphatic hydroxyl groups excluding tert-OH is 5. The monoisotopic (exact) mass is 644 g/mol. The Bertz CT molecular complexity index is 1410. The summed E-state index contributed by atoms with van der Waals surface area (Å²) in [7, 11) is 0. The number of Topliss-reactive ketones (excluding diaryl/α,β-unsaturated/α-hetero) is 1. The molecule has 1 aliphatic carbocycles. The van der Waals surface area contributed by atoms with E-state index in [0.717, 1.165) is 6.07 Å². The number of phenolic OH excluding ortho intramolecular Hbond substituents is 2. The number of allylic oxidation sites excluding steroid dienone is 1. The van der Waals surface area contributed by atoms with Crippen molar-refractivity contribution < 1.29 is 64.3 Å². The summed E-state index contributed by atoms with van der Waals surface area (Å²) in [6.07, 6.45) is -5.48. The van der Waals surface area contributed by atoms with E-state index in [1.54, 1.807) is 31.2 Å². The zero-order chi connectivity index (χ0) is 33.1. The second-order valence-corrected chi connectivity index (χ2v) is 12.1. The second-order valence-electron chi connectivity index (χ2n) is 12.1. The third kappa shape index (κ3) is 7.46. The van der Waals surface area contributed by atoms with Gasteiger partial charge in [0.2, 0.25) is 6.29 Å². The van der Waals surface area contributed by atoms with Gasteiger partial charge in [-0.25, -0.2) is 0 Å². The summed E-state index contributed by atoms with van der Waals surface area (Å²) in [6, 6.07) is 8.58. The first-order valence-corrected chi connectivity index (χ1v) is 15.3. The lowest BCUT2D eigenvalue weighted by Gasteiger charge is -2.40. The van der Waals surface area contributed by atoms with Crippen LogP contribution in [0.25, 0.3) is 0 Å². The van der Waals surface area contributed by atoms with E-state index in [9.17, 15) is 45.3 Å². The van der Waals surface area contributed by atoms with Crippen molar-refractivity contribution in [3.8, 4) is 23.0 Å². The topological polar surface area (TPSA) is 213 Å². The van der Waals surface area contributed by atoms with Crippen molar-refractivity contribution in [1.82, 2.24) is 0 Å². The fourth-order valence-corrected chi connectivity index (χ4v) is 6.40. The highest BCUT2D eigenvalue weighted by molar-refractivity contribution is 6.02. The molecule has 0 aromatic heterocycles. The second kappa shape index (κ2) is 14.4. The number of ether oxygens (including phenoxy) is 4. The normalized spacial score (nSPS) is 31.7. The van der Waals surface area contributed by atoms with Crippen LogP contribution < -0.4 is 9.47 Å². The van der Waals surface area contributed by atoms with Crippen LogP contribution in [0.3, 0.4) is 0 Å². The van der Waals surface area contributed by atoms with Gasteiger partial charge in [0.1, 0.15) is 65.7 Å². The third-order valence-corrected chi connectivity index (χ3v) is 8.86. The predicted octanol–water partition coefficient (Wildman–Crippen LogP) is 1.64. The molecule has 0 bridgehead atoms. The number of rotatable bonds is 10. The standard InChI is InChI=1S/C33H40O13/c1-2-3-19(35)11-21-17(6-9-22(21)36)10-28(39)43-15-27-30(40)31(41)32(42)33(46-27)44-20-12-23(37)29-24(38)14-25(45-26(29)13-20)16-4-7-18(34)8-5-16/h2-5,7-8,12-13,17,19,21-22,25,27,30-37,40-42H,6,9-11,14-15H2,1H3/b3-2+/t17-,19-,21-,22+,25?,27?,30?,31?,32?,33?/m0/s1. The molecule has 6 unspecified atom stereocenters. The Hall–Kier alpha value is -3.72. The van der Waals surface area contributed by atoms with Crippen LogP contribution in [-0.2, 0) is 14.3 Å². The highest BCUT2D eigenvalue weighted by Crippen LogP contribution is 2.43. The fourth-order valence-electron chi connectivity index (χ4n) is 6.40. The van der Waals surface area contributed by atoms with Crippen molar-refractivity contribution >= 4 is 11.8 Å². The molecule has 10 atom stereocenters. The maximum absolute atomic E-state index is 12.9. The molecule has 3 aliphatic rings. The van der Waals surface area contributed by atoms with Gasteiger partial charge < -0.3 is 54.7 Å². The Morgan fingerprint density at radius 1 is 1.04 bits per heavy atom. The smallest absolute Gasteiger partial charge is 0.306 e. The van der Waals surface area contributed by atoms with Gasteiger partial charge in [0, 0.05) is 18.6 Å². The van der Waals surface area contributed by atoms with Crippen molar-refractivity contribution in [2.75, 3.05) is 6.61 Å². The Labute approximate surface area is 265 Å². The van der Waals surface area contributed by atoms with Gasteiger partial charge in [-0.05, 0) is 55.7 Å². The maximum Gasteiger partial charge on any atom is 0.306 e. The molecule has 7 N–H and O–H groups in total. The summed E-state index contributed by atoms with van der Waals surface area (Å²) in [5, 5.41) is 72.4. The number of benzene rings is 2. The van der Waals surface area contributed by atoms with Crippen LogP contribution in [0.2, 0.25) is 0 Å². The molecule has 1 saturated heterocycles. The first-order valence-electron chi connectivity index (χ1n) is 15.3. The molecule has 250 valence electrons. The van der Waals surface area contributed by atoms with Crippen molar-refractivity contribution in [3.05, 3.63) is 59.7 Å². The average Bonchev–Trinajstić information content (AvgIpc) is 3.34. The molecule has 5 rings (SSSR count). The molecule has 13 heteroatoms. The summed E-state index contributed by atoms with van der Waals surface area (Å²) >= 11 is 0. The first-order chi connectivity index (χ1) is 21.9. The summed E-state index contributed by atoms with van der Waals surface area (Å²) in [6.45, 7) is 1.30. The first kappa shape index (κ1) is 33.6. The van der Waals surface area contributed by atoms with Crippen molar-refractivity contribution in [3.63, 3.8) is 0 Å². The Morgan fingerprint density at radius 3 is 2.50 bits per heavy atom. The van der Waals surface area contributed by atoms with E-state index in [1.165, 1.54) is 18.2 Å². The van der Waals surface area contributed by atoms with Crippen molar-refractivity contribution in [2.45, 2.75) is 88.0 Å². The number of esters is 1. The molecule has 2 fully saturated rings. The van der Waals surface area contributed by atoms with E-state index in [-0.39, 0.29) is 53.3 Å². The molecule has 2 aromatic rings. The van der Waals surface area contributed by atoms with E-state index in [1.807, 2.05) is 0 Å². The van der Waals surface area contributed by atoms with E-state index in [2.05, 4.69) is 0 Å². The van der Waals surface area contributed by atoms with Gasteiger partial charge in [-0.2, -0.15) is 0 Å². The minimum Gasteiger partial charge on any atom is -0.508 e. The minimum absolute atomic E-state index is 0.00857. The van der Waals surface area contributed by atoms with E-state index in [0.29, 0.717) is 24.8 Å². The van der Waals surface area contributed by atoms with Crippen LogP contribution in [0, 0.1) is 11.8 Å². The lowest BCUT2D eigenvalue weighted by molar-refractivity contribution is -0.278. The number of fused-ring (bicyclic) bond motifs is 1. The van der Waals surface area contributed by atoms with Crippen LogP contribution >= 0.6 is 0 Å². The third-order valence-electron chi connectivity index (χ3n) is 8.86. The number of hydrogen-bond donors (Lipinski definition) is 7. The molecule has 13 nitrogen and oxygen atoms in total. The molecule has 46 heavy (non-hydrogen) atoms.